The summed E-state index contributed by atoms with van der Waals surface area (Å²) in [6, 6.07) is 12.2. The normalized spacial score (nSPS) is 11.6. The summed E-state index contributed by atoms with van der Waals surface area (Å²) in [5.41, 5.74) is 6.80. The van der Waals surface area contributed by atoms with Crippen LogP contribution < -0.4 is 5.73 Å². The van der Waals surface area contributed by atoms with Crippen molar-refractivity contribution in [3.05, 3.63) is 63.9 Å². The molecule has 0 aliphatic rings. The van der Waals surface area contributed by atoms with Crippen LogP contribution in [0.1, 0.15) is 11.1 Å². The van der Waals surface area contributed by atoms with Gasteiger partial charge >= 0.3 is 0 Å². The van der Waals surface area contributed by atoms with E-state index in [2.05, 4.69) is 21.1 Å². The van der Waals surface area contributed by atoms with Gasteiger partial charge < -0.3 is 10.9 Å². The van der Waals surface area contributed by atoms with Crippen molar-refractivity contribution >= 4 is 33.5 Å². The second kappa shape index (κ2) is 6.76. The quantitative estimate of drug-likeness (QED) is 0.287. The molecule has 0 amide bonds. The Bertz CT molecular complexity index is 649. The highest BCUT2D eigenvalue weighted by Crippen LogP contribution is 2.27. The molecule has 2 aromatic rings. The Balaban J connectivity index is 2.21. The van der Waals surface area contributed by atoms with E-state index >= 15 is 0 Å². The molecular weight excluding hydrogens is 343 g/mol. The SMILES string of the molecule is NC(=NO)c1cc(F)ccc1CSc1cccc(Br)c1. The van der Waals surface area contributed by atoms with Crippen molar-refractivity contribution in [2.24, 2.45) is 10.9 Å². The molecular formula is C14H12BrFN2OS. The lowest BCUT2D eigenvalue weighted by molar-refractivity contribution is 0.318. The standard InChI is InChI=1S/C14H12BrFN2OS/c15-10-2-1-3-12(6-10)20-8-9-4-5-11(16)7-13(9)14(17)18-19/h1-7,19H,8H2,(H2,17,18). The van der Waals surface area contributed by atoms with Crippen LogP contribution in [0.2, 0.25) is 0 Å². The van der Waals surface area contributed by atoms with Crippen molar-refractivity contribution in [2.75, 3.05) is 0 Å². The van der Waals surface area contributed by atoms with Gasteiger partial charge in [-0.3, -0.25) is 0 Å². The third kappa shape index (κ3) is 3.74. The summed E-state index contributed by atoms with van der Waals surface area (Å²) in [6.45, 7) is 0. The number of amidine groups is 1. The van der Waals surface area contributed by atoms with Crippen LogP contribution in [0, 0.1) is 5.82 Å². The second-order valence-corrected chi connectivity index (χ2v) is 6.00. The highest BCUT2D eigenvalue weighted by molar-refractivity contribution is 9.10. The first-order chi connectivity index (χ1) is 9.60. The maximum absolute atomic E-state index is 13.3. The van der Waals surface area contributed by atoms with Crippen LogP contribution in [0.3, 0.4) is 0 Å². The van der Waals surface area contributed by atoms with Crippen molar-refractivity contribution in [1.29, 1.82) is 0 Å². The summed E-state index contributed by atoms with van der Waals surface area (Å²) >= 11 is 5.00. The van der Waals surface area contributed by atoms with Crippen molar-refractivity contribution in [3.8, 4) is 0 Å². The number of rotatable bonds is 4. The van der Waals surface area contributed by atoms with E-state index in [1.54, 1.807) is 17.8 Å². The minimum atomic E-state index is -0.414. The molecule has 20 heavy (non-hydrogen) atoms. The van der Waals surface area contributed by atoms with Gasteiger partial charge in [0.05, 0.1) is 0 Å². The number of benzene rings is 2. The zero-order chi connectivity index (χ0) is 14.5. The smallest absolute Gasteiger partial charge is 0.170 e. The predicted molar refractivity (Wildman–Crippen MR) is 82.6 cm³/mol. The van der Waals surface area contributed by atoms with Gasteiger partial charge in [0, 0.05) is 20.7 Å². The monoisotopic (exact) mass is 354 g/mol. The molecule has 0 unspecified atom stereocenters. The van der Waals surface area contributed by atoms with Gasteiger partial charge in [-0.1, -0.05) is 33.2 Å². The summed E-state index contributed by atoms with van der Waals surface area (Å²) in [5, 5.41) is 11.7. The Kier molecular flexibility index (Phi) is 5.03. The maximum Gasteiger partial charge on any atom is 0.170 e. The molecule has 0 saturated heterocycles. The first-order valence-electron chi connectivity index (χ1n) is 5.75. The molecule has 0 fully saturated rings. The van der Waals surface area contributed by atoms with Gasteiger partial charge in [0.25, 0.3) is 0 Å². The average Bonchev–Trinajstić information content (AvgIpc) is 2.45. The molecule has 2 aromatic carbocycles. The molecule has 0 bridgehead atoms. The van der Waals surface area contributed by atoms with Crippen LogP contribution in [0.4, 0.5) is 4.39 Å². The first-order valence-corrected chi connectivity index (χ1v) is 7.52. The van der Waals surface area contributed by atoms with Crippen molar-refractivity contribution in [2.45, 2.75) is 10.6 Å². The van der Waals surface area contributed by atoms with E-state index in [0.717, 1.165) is 14.9 Å². The van der Waals surface area contributed by atoms with Crippen molar-refractivity contribution in [1.82, 2.24) is 0 Å². The van der Waals surface area contributed by atoms with Gasteiger partial charge in [0.1, 0.15) is 5.82 Å². The minimum Gasteiger partial charge on any atom is -0.409 e. The molecule has 0 atom stereocenters. The molecule has 2 rings (SSSR count). The molecule has 0 heterocycles. The number of oxime groups is 1. The number of nitrogens with two attached hydrogens (primary N) is 1. The fraction of sp³-hybridized carbons (Fsp3) is 0.0714. The molecule has 3 nitrogen and oxygen atoms in total. The number of hydrogen-bond acceptors (Lipinski definition) is 3. The van der Waals surface area contributed by atoms with Crippen LogP contribution in [0.5, 0.6) is 0 Å². The molecule has 6 heteroatoms. The number of halogens is 2. The zero-order valence-electron chi connectivity index (χ0n) is 10.4. The molecule has 104 valence electrons. The number of nitrogens with zero attached hydrogens (tertiary/aromatic N) is 1. The molecule has 0 aliphatic heterocycles. The molecule has 0 spiro atoms. The number of thioether (sulfide) groups is 1. The van der Waals surface area contributed by atoms with Gasteiger partial charge in [0.15, 0.2) is 5.84 Å². The maximum atomic E-state index is 13.3. The van der Waals surface area contributed by atoms with Crippen LogP contribution in [-0.4, -0.2) is 11.0 Å². The summed E-state index contributed by atoms with van der Waals surface area (Å²) in [4.78, 5) is 1.08. The molecule has 0 aliphatic carbocycles. The first kappa shape index (κ1) is 14.9. The van der Waals surface area contributed by atoms with E-state index in [-0.39, 0.29) is 5.84 Å². The Hall–Kier alpha value is -1.53. The van der Waals surface area contributed by atoms with E-state index in [0.29, 0.717) is 11.3 Å². The lowest BCUT2D eigenvalue weighted by Crippen LogP contribution is -2.15. The topological polar surface area (TPSA) is 58.6 Å². The highest BCUT2D eigenvalue weighted by atomic mass is 79.9. The minimum absolute atomic E-state index is 0.0886. The van der Waals surface area contributed by atoms with E-state index < -0.39 is 5.82 Å². The van der Waals surface area contributed by atoms with Crippen LogP contribution >= 0.6 is 27.7 Å². The third-order valence-corrected chi connectivity index (χ3v) is 4.18. The summed E-state index contributed by atoms with van der Waals surface area (Å²) < 4.78 is 14.3. The fourth-order valence-electron chi connectivity index (χ4n) is 1.68. The van der Waals surface area contributed by atoms with Gasteiger partial charge in [-0.2, -0.15) is 0 Å². The van der Waals surface area contributed by atoms with Crippen LogP contribution in [-0.2, 0) is 5.75 Å². The molecule has 3 N–H and O–H groups in total. The van der Waals surface area contributed by atoms with Gasteiger partial charge in [-0.25, -0.2) is 4.39 Å². The van der Waals surface area contributed by atoms with E-state index in [4.69, 9.17) is 10.9 Å². The van der Waals surface area contributed by atoms with Crippen molar-refractivity contribution < 1.29 is 9.60 Å². The molecule has 0 aromatic heterocycles. The van der Waals surface area contributed by atoms with Gasteiger partial charge in [-0.15, -0.1) is 11.8 Å². The lowest BCUT2D eigenvalue weighted by atomic mass is 10.1. The summed E-state index contributed by atoms with van der Waals surface area (Å²) in [5.74, 6) is 0.0968. The Morgan fingerprint density at radius 1 is 1.30 bits per heavy atom. The van der Waals surface area contributed by atoms with E-state index in [1.165, 1.54) is 12.1 Å². The Labute approximate surface area is 128 Å². The van der Waals surface area contributed by atoms with Gasteiger partial charge in [0.2, 0.25) is 0 Å². The third-order valence-electron chi connectivity index (χ3n) is 2.65. The van der Waals surface area contributed by atoms with Crippen LogP contribution in [0.25, 0.3) is 0 Å². The molecule has 0 radical (unpaired) electrons. The zero-order valence-corrected chi connectivity index (χ0v) is 12.8. The average molecular weight is 355 g/mol. The van der Waals surface area contributed by atoms with Crippen LogP contribution in [0.15, 0.2) is 57.0 Å². The Morgan fingerprint density at radius 3 is 2.80 bits per heavy atom. The van der Waals surface area contributed by atoms with Gasteiger partial charge in [-0.05, 0) is 35.9 Å². The second-order valence-electron chi connectivity index (χ2n) is 4.03. The fourth-order valence-corrected chi connectivity index (χ4v) is 3.19. The Morgan fingerprint density at radius 2 is 2.10 bits per heavy atom. The van der Waals surface area contributed by atoms with Crippen molar-refractivity contribution in [3.63, 3.8) is 0 Å². The van der Waals surface area contributed by atoms with E-state index in [9.17, 15) is 4.39 Å². The van der Waals surface area contributed by atoms with E-state index in [1.807, 2.05) is 24.3 Å². The summed E-state index contributed by atoms with van der Waals surface area (Å²) in [7, 11) is 0. The molecule has 0 saturated carbocycles. The predicted octanol–water partition coefficient (Wildman–Crippen LogP) is 3.98. The lowest BCUT2D eigenvalue weighted by Gasteiger charge is -2.08. The number of hydrogen-bond donors (Lipinski definition) is 2. The largest absolute Gasteiger partial charge is 0.409 e. The summed E-state index contributed by atoms with van der Waals surface area (Å²) in [6.07, 6.45) is 0. The highest BCUT2D eigenvalue weighted by Gasteiger charge is 2.09.